The normalized spacial score (nSPS) is 17.7. The van der Waals surface area contributed by atoms with Crippen LogP contribution in [-0.2, 0) is 17.7 Å². The van der Waals surface area contributed by atoms with Crippen LogP contribution in [0.5, 0.6) is 0 Å². The lowest BCUT2D eigenvalue weighted by atomic mass is 10.0. The number of ether oxygens (including phenoxy) is 1. The maximum Gasteiger partial charge on any atom is 0.274 e. The fourth-order valence-electron chi connectivity index (χ4n) is 3.13. The van der Waals surface area contributed by atoms with Gasteiger partial charge in [0.2, 0.25) is 5.95 Å². The maximum absolute atomic E-state index is 12.7. The van der Waals surface area contributed by atoms with Crippen LogP contribution in [0, 0.1) is 6.92 Å². The fourth-order valence-corrected chi connectivity index (χ4v) is 3.13. The number of nitrogens with zero attached hydrogens (tertiary/aromatic N) is 5. The zero-order chi connectivity index (χ0) is 16.5. The second-order valence-corrected chi connectivity index (χ2v) is 6.17. The van der Waals surface area contributed by atoms with E-state index in [2.05, 4.69) is 25.1 Å². The van der Waals surface area contributed by atoms with Crippen LogP contribution in [0.25, 0.3) is 0 Å². The third kappa shape index (κ3) is 2.73. The molecular weight excluding hydrogens is 308 g/mol. The number of fused-ring (bicyclic) bond motifs is 1. The number of anilines is 1. The monoisotopic (exact) mass is 328 g/mol. The van der Waals surface area contributed by atoms with Gasteiger partial charge in [0.05, 0.1) is 25.5 Å². The number of hydrogen-bond donors (Lipinski definition) is 1. The largest absolute Gasteiger partial charge is 0.378 e. The molecule has 0 aromatic carbocycles. The number of H-pyrrole nitrogens is 1. The van der Waals surface area contributed by atoms with Gasteiger partial charge in [-0.05, 0) is 18.9 Å². The number of amides is 1. The van der Waals surface area contributed by atoms with Crippen molar-refractivity contribution in [2.45, 2.75) is 19.9 Å². The van der Waals surface area contributed by atoms with Crippen molar-refractivity contribution in [3.05, 3.63) is 34.9 Å². The van der Waals surface area contributed by atoms with Crippen LogP contribution in [0.1, 0.15) is 27.3 Å². The molecule has 0 spiro atoms. The van der Waals surface area contributed by atoms with Crippen LogP contribution in [0.4, 0.5) is 5.95 Å². The van der Waals surface area contributed by atoms with E-state index in [9.17, 15) is 4.79 Å². The van der Waals surface area contributed by atoms with Gasteiger partial charge in [-0.15, -0.1) is 0 Å². The second-order valence-electron chi connectivity index (χ2n) is 6.17. The molecule has 1 N–H and O–H groups in total. The molecular formula is C16H20N6O2. The number of aromatic nitrogens is 4. The molecule has 2 aliphatic rings. The van der Waals surface area contributed by atoms with Gasteiger partial charge < -0.3 is 14.5 Å². The number of carbonyl (C=O) groups excluding carboxylic acids is 1. The van der Waals surface area contributed by atoms with E-state index in [1.807, 2.05) is 24.2 Å². The van der Waals surface area contributed by atoms with Crippen LogP contribution in [0.2, 0.25) is 0 Å². The van der Waals surface area contributed by atoms with Crippen LogP contribution in [0.15, 0.2) is 12.4 Å². The third-order valence-corrected chi connectivity index (χ3v) is 4.48. The number of nitrogens with one attached hydrogen (secondary N) is 1. The van der Waals surface area contributed by atoms with E-state index < -0.39 is 0 Å². The molecule has 0 aliphatic carbocycles. The van der Waals surface area contributed by atoms with Gasteiger partial charge in [0.25, 0.3) is 5.91 Å². The van der Waals surface area contributed by atoms with E-state index >= 15 is 0 Å². The number of carbonyl (C=O) groups is 1. The predicted octanol–water partition coefficient (Wildman–Crippen LogP) is 0.543. The van der Waals surface area contributed by atoms with Gasteiger partial charge in [-0.2, -0.15) is 5.10 Å². The summed E-state index contributed by atoms with van der Waals surface area (Å²) >= 11 is 0. The predicted molar refractivity (Wildman–Crippen MR) is 86.8 cm³/mol. The number of rotatable bonds is 2. The van der Waals surface area contributed by atoms with Crippen LogP contribution < -0.4 is 4.90 Å². The van der Waals surface area contributed by atoms with Crippen LogP contribution in [-0.4, -0.2) is 63.8 Å². The molecule has 8 heteroatoms. The highest BCUT2D eigenvalue weighted by Gasteiger charge is 2.29. The average molecular weight is 328 g/mol. The van der Waals surface area contributed by atoms with Crippen molar-refractivity contribution < 1.29 is 9.53 Å². The van der Waals surface area contributed by atoms with Gasteiger partial charge in [0.15, 0.2) is 5.69 Å². The Hall–Kier alpha value is -2.48. The van der Waals surface area contributed by atoms with Crippen molar-refractivity contribution >= 4 is 11.9 Å². The van der Waals surface area contributed by atoms with Gasteiger partial charge >= 0.3 is 0 Å². The van der Waals surface area contributed by atoms with E-state index in [-0.39, 0.29) is 5.91 Å². The zero-order valence-electron chi connectivity index (χ0n) is 13.7. The molecule has 0 radical (unpaired) electrons. The summed E-state index contributed by atoms with van der Waals surface area (Å²) < 4.78 is 5.31. The van der Waals surface area contributed by atoms with Crippen molar-refractivity contribution in [1.82, 2.24) is 25.1 Å². The summed E-state index contributed by atoms with van der Waals surface area (Å²) in [4.78, 5) is 25.3. The molecule has 4 rings (SSSR count). The molecule has 0 unspecified atom stereocenters. The molecule has 2 aliphatic heterocycles. The van der Waals surface area contributed by atoms with E-state index in [1.54, 1.807) is 0 Å². The van der Waals surface area contributed by atoms with Gasteiger partial charge in [0, 0.05) is 37.6 Å². The molecule has 0 atom stereocenters. The summed E-state index contributed by atoms with van der Waals surface area (Å²) in [6.07, 6.45) is 4.39. The minimum Gasteiger partial charge on any atom is -0.378 e. The van der Waals surface area contributed by atoms with Gasteiger partial charge in [-0.25, -0.2) is 9.97 Å². The highest BCUT2D eigenvalue weighted by Crippen LogP contribution is 2.24. The molecule has 0 saturated carbocycles. The Bertz CT molecular complexity index is 736. The lowest BCUT2D eigenvalue weighted by molar-refractivity contribution is 0.0298. The summed E-state index contributed by atoms with van der Waals surface area (Å²) in [6, 6.07) is 0. The van der Waals surface area contributed by atoms with E-state index in [4.69, 9.17) is 4.74 Å². The van der Waals surface area contributed by atoms with Crippen molar-refractivity contribution in [3.8, 4) is 0 Å². The van der Waals surface area contributed by atoms with Crippen LogP contribution >= 0.6 is 0 Å². The summed E-state index contributed by atoms with van der Waals surface area (Å²) in [5.74, 6) is 0.706. The quantitative estimate of drug-likeness (QED) is 0.866. The summed E-state index contributed by atoms with van der Waals surface area (Å²) in [5.41, 5.74) is 3.59. The molecule has 2 aromatic rings. The number of aromatic amines is 1. The molecule has 24 heavy (non-hydrogen) atoms. The zero-order valence-corrected chi connectivity index (χ0v) is 13.7. The third-order valence-electron chi connectivity index (χ3n) is 4.48. The van der Waals surface area contributed by atoms with Crippen LogP contribution in [0.3, 0.4) is 0 Å². The molecule has 1 fully saturated rings. The van der Waals surface area contributed by atoms with Crippen molar-refractivity contribution in [2.75, 3.05) is 37.7 Å². The molecule has 0 bridgehead atoms. The topological polar surface area (TPSA) is 87.2 Å². The summed E-state index contributed by atoms with van der Waals surface area (Å²) in [5, 5.41) is 7.32. The first-order valence-corrected chi connectivity index (χ1v) is 8.19. The first-order chi connectivity index (χ1) is 11.7. The lowest BCUT2D eigenvalue weighted by Gasteiger charge is -2.28. The first kappa shape index (κ1) is 15.1. The molecule has 1 saturated heterocycles. The van der Waals surface area contributed by atoms with Crippen molar-refractivity contribution in [3.63, 3.8) is 0 Å². The smallest absolute Gasteiger partial charge is 0.274 e. The second kappa shape index (κ2) is 6.20. The number of aryl methyl sites for hydroxylation is 1. The van der Waals surface area contributed by atoms with E-state index in [1.165, 1.54) is 0 Å². The summed E-state index contributed by atoms with van der Waals surface area (Å²) in [7, 11) is 0. The lowest BCUT2D eigenvalue weighted by Crippen LogP contribution is -2.41. The molecule has 8 nitrogen and oxygen atoms in total. The van der Waals surface area contributed by atoms with Gasteiger partial charge in [-0.3, -0.25) is 9.89 Å². The summed E-state index contributed by atoms with van der Waals surface area (Å²) in [6.45, 7) is 5.83. The fraction of sp³-hybridized carbons (Fsp3) is 0.500. The SMILES string of the molecule is Cc1cnc(N2CCc3c(C(=O)N4CCOCC4)n[nH]c3C2)nc1. The average Bonchev–Trinajstić information content (AvgIpc) is 3.05. The van der Waals surface area contributed by atoms with E-state index in [0.717, 1.165) is 29.8 Å². The molecule has 4 heterocycles. The maximum atomic E-state index is 12.7. The Labute approximate surface area is 139 Å². The number of morpholine rings is 1. The minimum absolute atomic E-state index is 0.00386. The van der Waals surface area contributed by atoms with E-state index in [0.29, 0.717) is 44.5 Å². The Kier molecular flexibility index (Phi) is 3.89. The molecule has 2 aromatic heterocycles. The first-order valence-electron chi connectivity index (χ1n) is 8.19. The van der Waals surface area contributed by atoms with Crippen molar-refractivity contribution in [2.24, 2.45) is 0 Å². The highest BCUT2D eigenvalue weighted by atomic mass is 16.5. The Morgan fingerprint density at radius 1 is 1.21 bits per heavy atom. The molecule has 126 valence electrons. The number of hydrogen-bond acceptors (Lipinski definition) is 6. The highest BCUT2D eigenvalue weighted by molar-refractivity contribution is 5.94. The Balaban J connectivity index is 1.53. The van der Waals surface area contributed by atoms with Crippen molar-refractivity contribution in [1.29, 1.82) is 0 Å². The van der Waals surface area contributed by atoms with Gasteiger partial charge in [0.1, 0.15) is 0 Å². The Morgan fingerprint density at radius 3 is 2.71 bits per heavy atom. The Morgan fingerprint density at radius 2 is 1.96 bits per heavy atom. The molecule has 1 amide bonds. The standard InChI is InChI=1S/C16H20N6O2/c1-11-8-17-16(18-9-11)22-3-2-12-13(10-22)19-20-14(12)15(23)21-4-6-24-7-5-21/h8-9H,2-7,10H2,1H3,(H,19,20). The minimum atomic E-state index is -0.00386. The van der Waals surface area contributed by atoms with Gasteiger partial charge in [-0.1, -0.05) is 0 Å².